The van der Waals surface area contributed by atoms with Gasteiger partial charge in [0.25, 0.3) is 0 Å². The number of amides is 3. The number of carbonyl (C=O) groups is 2. The van der Waals surface area contributed by atoms with Crippen LogP contribution in [0.15, 0.2) is 53.0 Å². The number of nitrogens with one attached hydrogen (secondary N) is 1. The van der Waals surface area contributed by atoms with E-state index in [0.717, 1.165) is 11.5 Å². The fourth-order valence-electron chi connectivity index (χ4n) is 3.01. The fraction of sp³-hybridized carbons (Fsp3) is 0.263. The maximum Gasteiger partial charge on any atom is 0.324 e. The quantitative estimate of drug-likeness (QED) is 0.629. The predicted octanol–water partition coefficient (Wildman–Crippen LogP) is 2.95. The molecular weight excluding hydrogens is 394 g/mol. The minimum atomic E-state index is -0.454. The number of nitrogens with zero attached hydrogens (tertiary/aromatic N) is 4. The maximum atomic E-state index is 12.7. The molecule has 1 aliphatic rings. The number of urea groups is 1. The van der Waals surface area contributed by atoms with Crippen molar-refractivity contribution in [3.05, 3.63) is 58.5 Å². The average Bonchev–Trinajstić information content (AvgIpc) is 3.44. The summed E-state index contributed by atoms with van der Waals surface area (Å²) < 4.78 is 1.98. The van der Waals surface area contributed by atoms with Gasteiger partial charge in [-0.1, -0.05) is 36.0 Å². The summed E-state index contributed by atoms with van der Waals surface area (Å²) in [6, 6.07) is 13.6. The lowest BCUT2D eigenvalue weighted by molar-refractivity contribution is -0.126. The van der Waals surface area contributed by atoms with Gasteiger partial charge in [0.15, 0.2) is 5.16 Å². The van der Waals surface area contributed by atoms with Gasteiger partial charge in [-0.15, -0.1) is 21.5 Å². The molecule has 1 saturated heterocycles. The van der Waals surface area contributed by atoms with Crippen molar-refractivity contribution < 1.29 is 9.59 Å². The van der Waals surface area contributed by atoms with Gasteiger partial charge in [0, 0.05) is 30.1 Å². The highest BCUT2D eigenvalue weighted by atomic mass is 32.2. The van der Waals surface area contributed by atoms with Gasteiger partial charge in [-0.2, -0.15) is 0 Å². The highest BCUT2D eigenvalue weighted by molar-refractivity contribution is 8.00. The number of hydrogen-bond acceptors (Lipinski definition) is 6. The SMILES string of the molecule is CC(Sc1nnc(Cc2cccs2)n1-c1ccccc1)C(=O)N1CCNC1=O. The molecule has 3 heterocycles. The number of benzene rings is 1. The molecule has 2 aromatic heterocycles. The molecule has 1 atom stereocenters. The highest BCUT2D eigenvalue weighted by Gasteiger charge is 2.31. The Balaban J connectivity index is 1.62. The molecule has 1 aromatic carbocycles. The third kappa shape index (κ3) is 3.81. The summed E-state index contributed by atoms with van der Waals surface area (Å²) in [5.41, 5.74) is 0.945. The van der Waals surface area contributed by atoms with Gasteiger partial charge in [0.05, 0.1) is 5.25 Å². The topological polar surface area (TPSA) is 80.1 Å². The van der Waals surface area contributed by atoms with E-state index in [1.807, 2.05) is 46.3 Å². The molecule has 3 aromatic rings. The van der Waals surface area contributed by atoms with Crippen LogP contribution in [0.4, 0.5) is 4.79 Å². The van der Waals surface area contributed by atoms with Gasteiger partial charge in [0.2, 0.25) is 5.91 Å². The first kappa shape index (κ1) is 18.7. The summed E-state index contributed by atoms with van der Waals surface area (Å²) in [6.45, 7) is 2.69. The van der Waals surface area contributed by atoms with E-state index < -0.39 is 5.25 Å². The third-order valence-electron chi connectivity index (χ3n) is 4.38. The second kappa shape index (κ2) is 8.15. The summed E-state index contributed by atoms with van der Waals surface area (Å²) in [4.78, 5) is 26.9. The van der Waals surface area contributed by atoms with Gasteiger partial charge >= 0.3 is 6.03 Å². The average molecular weight is 414 g/mol. The maximum absolute atomic E-state index is 12.7. The normalized spacial score (nSPS) is 14.9. The molecule has 0 saturated carbocycles. The standard InChI is InChI=1S/C19H19N5O2S2/c1-13(17(25)23-10-9-20-18(23)26)28-19-22-21-16(12-15-8-5-11-27-15)24(19)14-6-3-2-4-7-14/h2-8,11,13H,9-10,12H2,1H3,(H,20,26). The number of hydrogen-bond donors (Lipinski definition) is 1. The van der Waals surface area contributed by atoms with Crippen LogP contribution in [-0.4, -0.2) is 49.9 Å². The van der Waals surface area contributed by atoms with Crippen LogP contribution in [0.2, 0.25) is 0 Å². The molecule has 0 spiro atoms. The zero-order chi connectivity index (χ0) is 19.5. The fourth-order valence-corrected chi connectivity index (χ4v) is 4.66. The van der Waals surface area contributed by atoms with Crippen molar-refractivity contribution in [3.8, 4) is 5.69 Å². The van der Waals surface area contributed by atoms with Gasteiger partial charge < -0.3 is 5.32 Å². The van der Waals surface area contributed by atoms with E-state index in [9.17, 15) is 9.59 Å². The van der Waals surface area contributed by atoms with Crippen molar-refractivity contribution in [3.63, 3.8) is 0 Å². The van der Waals surface area contributed by atoms with E-state index in [1.165, 1.54) is 21.5 Å². The van der Waals surface area contributed by atoms with Crippen LogP contribution in [0.5, 0.6) is 0 Å². The molecular formula is C19H19N5O2S2. The van der Waals surface area contributed by atoms with Gasteiger partial charge in [-0.05, 0) is 30.5 Å². The van der Waals surface area contributed by atoms with Crippen molar-refractivity contribution >= 4 is 35.0 Å². The summed E-state index contributed by atoms with van der Waals surface area (Å²) in [5.74, 6) is 0.595. The van der Waals surface area contributed by atoms with E-state index in [1.54, 1.807) is 18.3 Å². The lowest BCUT2D eigenvalue weighted by atomic mass is 10.3. The van der Waals surface area contributed by atoms with Crippen LogP contribution in [-0.2, 0) is 11.2 Å². The Hall–Kier alpha value is -2.65. The lowest BCUT2D eigenvalue weighted by Crippen LogP contribution is -2.39. The molecule has 3 amide bonds. The minimum Gasteiger partial charge on any atom is -0.336 e. The molecule has 0 bridgehead atoms. The Bertz CT molecular complexity index is 972. The van der Waals surface area contributed by atoms with Crippen LogP contribution < -0.4 is 5.32 Å². The highest BCUT2D eigenvalue weighted by Crippen LogP contribution is 2.28. The number of para-hydroxylation sites is 1. The van der Waals surface area contributed by atoms with Crippen molar-refractivity contribution in [2.75, 3.05) is 13.1 Å². The molecule has 0 radical (unpaired) electrons. The van der Waals surface area contributed by atoms with Crippen molar-refractivity contribution in [2.45, 2.75) is 23.8 Å². The third-order valence-corrected chi connectivity index (χ3v) is 6.29. The van der Waals surface area contributed by atoms with Crippen LogP contribution in [0.25, 0.3) is 5.69 Å². The Morgan fingerprint density at radius 1 is 1.25 bits per heavy atom. The van der Waals surface area contributed by atoms with Crippen molar-refractivity contribution in [1.29, 1.82) is 0 Å². The zero-order valence-electron chi connectivity index (χ0n) is 15.2. The molecule has 1 unspecified atom stereocenters. The second-order valence-electron chi connectivity index (χ2n) is 6.31. The molecule has 144 valence electrons. The summed E-state index contributed by atoms with van der Waals surface area (Å²) in [5, 5.41) is 13.6. The molecule has 0 aliphatic carbocycles. The Morgan fingerprint density at radius 3 is 2.75 bits per heavy atom. The first-order valence-electron chi connectivity index (χ1n) is 8.91. The van der Waals surface area contributed by atoms with E-state index in [2.05, 4.69) is 21.6 Å². The van der Waals surface area contributed by atoms with Crippen molar-refractivity contribution in [1.82, 2.24) is 25.0 Å². The minimum absolute atomic E-state index is 0.220. The number of carbonyl (C=O) groups excluding carboxylic acids is 2. The monoisotopic (exact) mass is 413 g/mol. The summed E-state index contributed by atoms with van der Waals surface area (Å²) in [7, 11) is 0. The van der Waals surface area contributed by atoms with Crippen LogP contribution >= 0.6 is 23.1 Å². The molecule has 1 fully saturated rings. The number of rotatable bonds is 6. The van der Waals surface area contributed by atoms with Crippen LogP contribution in [0.3, 0.4) is 0 Å². The van der Waals surface area contributed by atoms with E-state index in [-0.39, 0.29) is 11.9 Å². The largest absolute Gasteiger partial charge is 0.336 e. The molecule has 4 rings (SSSR count). The molecule has 28 heavy (non-hydrogen) atoms. The molecule has 9 heteroatoms. The Morgan fingerprint density at radius 2 is 2.07 bits per heavy atom. The number of thiophene rings is 1. The molecule has 7 nitrogen and oxygen atoms in total. The number of thioether (sulfide) groups is 1. The second-order valence-corrected chi connectivity index (χ2v) is 8.65. The van der Waals surface area contributed by atoms with E-state index in [4.69, 9.17) is 0 Å². The van der Waals surface area contributed by atoms with E-state index in [0.29, 0.717) is 24.7 Å². The first-order valence-corrected chi connectivity index (χ1v) is 10.7. The lowest BCUT2D eigenvalue weighted by Gasteiger charge is -2.17. The predicted molar refractivity (Wildman–Crippen MR) is 109 cm³/mol. The summed E-state index contributed by atoms with van der Waals surface area (Å²) >= 11 is 2.99. The van der Waals surface area contributed by atoms with Crippen LogP contribution in [0.1, 0.15) is 17.6 Å². The molecule has 1 aliphatic heterocycles. The number of imide groups is 1. The first-order chi connectivity index (χ1) is 13.6. The summed E-state index contributed by atoms with van der Waals surface area (Å²) in [6.07, 6.45) is 0.664. The van der Waals surface area contributed by atoms with Crippen LogP contribution in [0, 0.1) is 0 Å². The Labute approximate surface area is 170 Å². The Kier molecular flexibility index (Phi) is 5.45. The zero-order valence-corrected chi connectivity index (χ0v) is 16.9. The smallest absolute Gasteiger partial charge is 0.324 e. The van der Waals surface area contributed by atoms with Gasteiger partial charge in [-0.3, -0.25) is 14.3 Å². The van der Waals surface area contributed by atoms with Crippen molar-refractivity contribution in [2.24, 2.45) is 0 Å². The van der Waals surface area contributed by atoms with Gasteiger partial charge in [0.1, 0.15) is 5.82 Å². The number of aromatic nitrogens is 3. The van der Waals surface area contributed by atoms with E-state index >= 15 is 0 Å². The van der Waals surface area contributed by atoms with Gasteiger partial charge in [-0.25, -0.2) is 4.79 Å². The molecule has 1 N–H and O–H groups in total.